The average molecular weight is 354 g/mol. The molecule has 130 valence electrons. The predicted octanol–water partition coefficient (Wildman–Crippen LogP) is 2.22. The predicted molar refractivity (Wildman–Crippen MR) is 88.0 cm³/mol. The van der Waals surface area contributed by atoms with E-state index < -0.39 is 23.7 Å². The quantitative estimate of drug-likeness (QED) is 0.660. The second kappa shape index (κ2) is 5.99. The van der Waals surface area contributed by atoms with Crippen LogP contribution in [-0.2, 0) is 9.59 Å². The lowest BCUT2D eigenvalue weighted by molar-refractivity contribution is -0.122. The van der Waals surface area contributed by atoms with Crippen molar-refractivity contribution in [3.63, 3.8) is 0 Å². The van der Waals surface area contributed by atoms with E-state index in [0.29, 0.717) is 17.1 Å². The molecule has 0 saturated carbocycles. The Morgan fingerprint density at radius 1 is 1.00 bits per heavy atom. The maximum atomic E-state index is 13.1. The molecule has 26 heavy (non-hydrogen) atoms. The van der Waals surface area contributed by atoms with Gasteiger partial charge in [-0.25, -0.2) is 14.1 Å². The van der Waals surface area contributed by atoms with Crippen LogP contribution in [0, 0.1) is 5.82 Å². The van der Waals surface area contributed by atoms with Gasteiger partial charge in [-0.2, -0.15) is 0 Å². The van der Waals surface area contributed by atoms with E-state index in [2.05, 4.69) is 5.32 Å². The van der Waals surface area contributed by atoms with Crippen LogP contribution >= 0.6 is 0 Å². The molecule has 0 spiro atoms. The van der Waals surface area contributed by atoms with E-state index >= 15 is 0 Å². The van der Waals surface area contributed by atoms with Crippen molar-refractivity contribution >= 4 is 29.6 Å². The molecule has 4 amide bonds. The molecule has 0 bridgehead atoms. The molecule has 0 atom stereocenters. The van der Waals surface area contributed by atoms with Crippen molar-refractivity contribution in [2.45, 2.75) is 0 Å². The zero-order valence-electron chi connectivity index (χ0n) is 13.2. The largest absolute Gasteiger partial charge is 0.454 e. The normalized spacial score (nSPS) is 17.7. The summed E-state index contributed by atoms with van der Waals surface area (Å²) in [6, 6.07) is 8.83. The summed E-state index contributed by atoms with van der Waals surface area (Å²) in [4.78, 5) is 37.7. The first-order valence-corrected chi connectivity index (χ1v) is 7.59. The summed E-state index contributed by atoms with van der Waals surface area (Å²) in [5, 5.41) is 2.10. The number of hydrogen-bond acceptors (Lipinski definition) is 5. The summed E-state index contributed by atoms with van der Waals surface area (Å²) >= 11 is 0. The summed E-state index contributed by atoms with van der Waals surface area (Å²) in [6.07, 6.45) is 1.35. The fourth-order valence-electron chi connectivity index (χ4n) is 2.65. The number of benzene rings is 2. The molecule has 1 fully saturated rings. The molecule has 2 aromatic rings. The number of nitrogens with zero attached hydrogens (tertiary/aromatic N) is 1. The van der Waals surface area contributed by atoms with Gasteiger partial charge in [0.05, 0.1) is 5.69 Å². The van der Waals surface area contributed by atoms with Crippen molar-refractivity contribution in [2.24, 2.45) is 0 Å². The van der Waals surface area contributed by atoms with E-state index in [1.807, 2.05) is 0 Å². The van der Waals surface area contributed by atoms with Gasteiger partial charge in [0.25, 0.3) is 11.8 Å². The van der Waals surface area contributed by atoms with Crippen LogP contribution in [0.15, 0.2) is 48.0 Å². The van der Waals surface area contributed by atoms with Crippen molar-refractivity contribution < 1.29 is 28.2 Å². The molecular formula is C18H11FN2O5. The first kappa shape index (κ1) is 15.8. The highest BCUT2D eigenvalue weighted by atomic mass is 19.1. The van der Waals surface area contributed by atoms with Crippen LogP contribution in [0.3, 0.4) is 0 Å². The summed E-state index contributed by atoms with van der Waals surface area (Å²) < 4.78 is 23.6. The maximum Gasteiger partial charge on any atom is 0.335 e. The van der Waals surface area contributed by atoms with Crippen molar-refractivity contribution in [1.82, 2.24) is 5.32 Å². The van der Waals surface area contributed by atoms with Gasteiger partial charge in [0.15, 0.2) is 11.5 Å². The SMILES string of the molecule is O=C1NC(=O)N(c2ccc(F)cc2)C(=O)/C1=C\c1ccc2c(c1)OCO2. The second-order valence-electron chi connectivity index (χ2n) is 5.55. The molecule has 4 rings (SSSR count). The van der Waals surface area contributed by atoms with Gasteiger partial charge in [0.1, 0.15) is 11.4 Å². The fourth-order valence-corrected chi connectivity index (χ4v) is 2.65. The van der Waals surface area contributed by atoms with Crippen molar-refractivity contribution in [2.75, 3.05) is 11.7 Å². The lowest BCUT2D eigenvalue weighted by Gasteiger charge is -2.26. The molecule has 0 unspecified atom stereocenters. The molecule has 0 aromatic heterocycles. The molecule has 8 heteroatoms. The van der Waals surface area contributed by atoms with Crippen LogP contribution in [0.4, 0.5) is 14.9 Å². The van der Waals surface area contributed by atoms with E-state index in [9.17, 15) is 18.8 Å². The number of ether oxygens (including phenoxy) is 2. The van der Waals surface area contributed by atoms with Gasteiger partial charge < -0.3 is 9.47 Å². The second-order valence-corrected chi connectivity index (χ2v) is 5.55. The summed E-state index contributed by atoms with van der Waals surface area (Å²) in [5.41, 5.74) is 0.451. The summed E-state index contributed by atoms with van der Waals surface area (Å²) in [7, 11) is 0. The van der Waals surface area contributed by atoms with Crippen LogP contribution in [0.2, 0.25) is 0 Å². The van der Waals surface area contributed by atoms with Gasteiger partial charge in [0.2, 0.25) is 6.79 Å². The Labute approximate surface area is 146 Å². The Bertz CT molecular complexity index is 968. The number of barbiturate groups is 1. The summed E-state index contributed by atoms with van der Waals surface area (Å²) in [5.74, 6) is -1.06. The van der Waals surface area contributed by atoms with Crippen molar-refractivity contribution in [3.05, 3.63) is 59.4 Å². The molecule has 0 radical (unpaired) electrons. The Hall–Kier alpha value is -3.68. The topological polar surface area (TPSA) is 84.9 Å². The summed E-state index contributed by atoms with van der Waals surface area (Å²) in [6.45, 7) is 0.0988. The molecule has 2 aliphatic heterocycles. The van der Waals surface area contributed by atoms with Gasteiger partial charge in [-0.15, -0.1) is 0 Å². The van der Waals surface area contributed by atoms with E-state index in [0.717, 1.165) is 17.0 Å². The Morgan fingerprint density at radius 3 is 2.50 bits per heavy atom. The van der Waals surface area contributed by atoms with E-state index in [4.69, 9.17) is 9.47 Å². The molecular weight excluding hydrogens is 343 g/mol. The Balaban J connectivity index is 1.71. The third-order valence-corrected chi connectivity index (χ3v) is 3.89. The maximum absolute atomic E-state index is 13.1. The van der Waals surface area contributed by atoms with Gasteiger partial charge in [-0.1, -0.05) is 6.07 Å². The highest BCUT2D eigenvalue weighted by molar-refractivity contribution is 6.39. The first-order valence-electron chi connectivity index (χ1n) is 7.59. The van der Waals surface area contributed by atoms with Crippen LogP contribution < -0.4 is 19.7 Å². The van der Waals surface area contributed by atoms with Crippen molar-refractivity contribution in [1.29, 1.82) is 0 Å². The molecule has 2 aromatic carbocycles. The number of imide groups is 2. The lowest BCUT2D eigenvalue weighted by atomic mass is 10.1. The number of amides is 4. The zero-order chi connectivity index (χ0) is 18.3. The number of anilines is 1. The first-order chi connectivity index (χ1) is 12.5. The number of carbonyl (C=O) groups is 3. The number of rotatable bonds is 2. The highest BCUT2D eigenvalue weighted by Gasteiger charge is 2.36. The Morgan fingerprint density at radius 2 is 1.73 bits per heavy atom. The lowest BCUT2D eigenvalue weighted by Crippen LogP contribution is -2.54. The average Bonchev–Trinajstić information content (AvgIpc) is 3.08. The van der Waals surface area contributed by atoms with Gasteiger partial charge >= 0.3 is 6.03 Å². The number of halogens is 1. The standard InChI is InChI=1S/C18H11FN2O5/c19-11-2-4-12(5-3-11)21-17(23)13(16(22)20-18(21)24)7-10-1-6-14-15(8-10)26-9-25-14/h1-8H,9H2,(H,20,22,24)/b13-7-. The minimum Gasteiger partial charge on any atom is -0.454 e. The number of hydrogen-bond donors (Lipinski definition) is 1. The van der Waals surface area contributed by atoms with E-state index in [-0.39, 0.29) is 18.1 Å². The number of nitrogens with one attached hydrogen (secondary N) is 1. The number of urea groups is 1. The third-order valence-electron chi connectivity index (χ3n) is 3.89. The molecule has 1 saturated heterocycles. The minimum atomic E-state index is -0.894. The zero-order valence-corrected chi connectivity index (χ0v) is 13.2. The van der Waals surface area contributed by atoms with E-state index in [1.54, 1.807) is 18.2 Å². The molecule has 2 aliphatic rings. The highest BCUT2D eigenvalue weighted by Crippen LogP contribution is 2.33. The van der Waals surface area contributed by atoms with Gasteiger partial charge in [0, 0.05) is 0 Å². The molecule has 1 N–H and O–H groups in total. The fraction of sp³-hybridized carbons (Fsp3) is 0.0556. The minimum absolute atomic E-state index is 0.0988. The van der Waals surface area contributed by atoms with Gasteiger partial charge in [-0.05, 0) is 48.0 Å². The van der Waals surface area contributed by atoms with E-state index in [1.165, 1.54) is 18.2 Å². The molecule has 7 nitrogen and oxygen atoms in total. The van der Waals surface area contributed by atoms with Crippen LogP contribution in [0.5, 0.6) is 11.5 Å². The van der Waals surface area contributed by atoms with Crippen LogP contribution in [0.1, 0.15) is 5.56 Å². The number of fused-ring (bicyclic) bond motifs is 1. The van der Waals surface area contributed by atoms with Crippen LogP contribution in [-0.4, -0.2) is 24.6 Å². The van der Waals surface area contributed by atoms with Crippen LogP contribution in [0.25, 0.3) is 6.08 Å². The van der Waals surface area contributed by atoms with Gasteiger partial charge in [-0.3, -0.25) is 14.9 Å². The smallest absolute Gasteiger partial charge is 0.335 e. The molecule has 2 heterocycles. The molecule has 0 aliphatic carbocycles. The monoisotopic (exact) mass is 354 g/mol. The number of carbonyl (C=O) groups excluding carboxylic acids is 3. The third kappa shape index (κ3) is 2.67. The van der Waals surface area contributed by atoms with Crippen molar-refractivity contribution in [3.8, 4) is 11.5 Å². The Kier molecular flexibility index (Phi) is 3.65.